The smallest absolute Gasteiger partial charge is 0.340 e. The van der Waals surface area contributed by atoms with Gasteiger partial charge >= 0.3 is 11.9 Å². The Labute approximate surface area is 315 Å². The number of nitro groups is 2. The Morgan fingerprint density at radius 2 is 0.945 bits per heavy atom. The van der Waals surface area contributed by atoms with Gasteiger partial charge in [0.15, 0.2) is 6.10 Å². The van der Waals surface area contributed by atoms with Crippen LogP contribution < -0.4 is 0 Å². The molecule has 55 heavy (non-hydrogen) atoms. The van der Waals surface area contributed by atoms with Gasteiger partial charge in [0, 0.05) is 24.3 Å². The van der Waals surface area contributed by atoms with E-state index in [1.807, 2.05) is 91.0 Å². The van der Waals surface area contributed by atoms with E-state index in [0.29, 0.717) is 0 Å². The number of nitro benzene ring substituents is 2. The van der Waals surface area contributed by atoms with Crippen molar-refractivity contribution in [1.82, 2.24) is 0 Å². The molecule has 14 heteroatoms. The fourth-order valence-electron chi connectivity index (χ4n) is 5.83. The molecule has 0 aromatic heterocycles. The van der Waals surface area contributed by atoms with Gasteiger partial charge in [-0.1, -0.05) is 91.0 Å². The van der Waals surface area contributed by atoms with Crippen molar-refractivity contribution >= 4 is 23.3 Å². The van der Waals surface area contributed by atoms with Gasteiger partial charge < -0.3 is 28.4 Å². The second-order valence-electron chi connectivity index (χ2n) is 12.4. The summed E-state index contributed by atoms with van der Waals surface area (Å²) in [6, 6.07) is 37.6. The van der Waals surface area contributed by atoms with E-state index in [2.05, 4.69) is 0 Å². The second kappa shape index (κ2) is 18.6. The van der Waals surface area contributed by atoms with Crippen molar-refractivity contribution in [3.8, 4) is 0 Å². The molecule has 0 amide bonds. The number of hydrogen-bond acceptors (Lipinski definition) is 12. The van der Waals surface area contributed by atoms with Crippen molar-refractivity contribution < 1.29 is 47.9 Å². The first-order valence-corrected chi connectivity index (χ1v) is 17.2. The molecule has 0 spiro atoms. The third kappa shape index (κ3) is 10.4. The zero-order valence-electron chi connectivity index (χ0n) is 29.3. The van der Waals surface area contributed by atoms with Crippen LogP contribution in [-0.2, 0) is 48.2 Å². The molecule has 0 radical (unpaired) electrons. The van der Waals surface area contributed by atoms with Crippen LogP contribution in [-0.4, -0.2) is 59.1 Å². The lowest BCUT2D eigenvalue weighted by Crippen LogP contribution is -2.62. The van der Waals surface area contributed by atoms with Crippen LogP contribution in [0.2, 0.25) is 0 Å². The number of carbonyl (C=O) groups excluding carboxylic acids is 2. The van der Waals surface area contributed by atoms with E-state index in [4.69, 9.17) is 28.4 Å². The third-order valence-electron chi connectivity index (χ3n) is 8.65. The molecule has 1 heterocycles. The number of hydrogen-bond donors (Lipinski definition) is 0. The van der Waals surface area contributed by atoms with E-state index in [1.54, 1.807) is 0 Å². The van der Waals surface area contributed by atoms with Crippen LogP contribution in [0.4, 0.5) is 11.4 Å². The molecule has 1 aliphatic rings. The highest BCUT2D eigenvalue weighted by molar-refractivity contribution is 5.90. The molecule has 1 saturated heterocycles. The Morgan fingerprint density at radius 1 is 0.527 bits per heavy atom. The van der Waals surface area contributed by atoms with Crippen molar-refractivity contribution in [3.63, 3.8) is 0 Å². The molecular weight excluding hydrogens is 712 g/mol. The van der Waals surface area contributed by atoms with Crippen molar-refractivity contribution in [2.24, 2.45) is 0 Å². The van der Waals surface area contributed by atoms with Crippen molar-refractivity contribution in [2.75, 3.05) is 6.61 Å². The first kappa shape index (κ1) is 38.4. The van der Waals surface area contributed by atoms with Crippen molar-refractivity contribution in [3.05, 3.63) is 188 Å². The van der Waals surface area contributed by atoms with Gasteiger partial charge in [-0.05, 0) is 41.0 Å². The topological polar surface area (TPSA) is 176 Å². The first-order valence-electron chi connectivity index (χ1n) is 17.2. The molecular formula is C41H36N2O12. The zero-order valence-corrected chi connectivity index (χ0v) is 29.3. The largest absolute Gasteiger partial charge is 0.449 e. The van der Waals surface area contributed by atoms with E-state index >= 15 is 0 Å². The number of rotatable bonds is 16. The van der Waals surface area contributed by atoms with Gasteiger partial charge in [-0.15, -0.1) is 0 Å². The highest BCUT2D eigenvalue weighted by Gasteiger charge is 2.51. The van der Waals surface area contributed by atoms with E-state index in [-0.39, 0.29) is 48.9 Å². The van der Waals surface area contributed by atoms with Crippen LogP contribution in [0.1, 0.15) is 37.4 Å². The second-order valence-corrected chi connectivity index (χ2v) is 12.4. The highest BCUT2D eigenvalue weighted by atomic mass is 16.7. The van der Waals surface area contributed by atoms with Crippen LogP contribution >= 0.6 is 0 Å². The molecule has 0 bridgehead atoms. The van der Waals surface area contributed by atoms with Crippen LogP contribution in [0.15, 0.2) is 140 Å². The number of esters is 2. The summed E-state index contributed by atoms with van der Waals surface area (Å²) in [5, 5.41) is 22.5. The van der Waals surface area contributed by atoms with Gasteiger partial charge in [-0.2, -0.15) is 0 Å². The Bertz CT molecular complexity index is 2030. The molecule has 1 fully saturated rings. The van der Waals surface area contributed by atoms with E-state index in [9.17, 15) is 29.8 Å². The highest BCUT2D eigenvalue weighted by Crippen LogP contribution is 2.32. The van der Waals surface area contributed by atoms with Crippen LogP contribution in [0, 0.1) is 20.2 Å². The summed E-state index contributed by atoms with van der Waals surface area (Å²) < 4.78 is 37.5. The Hall–Kier alpha value is -6.32. The summed E-state index contributed by atoms with van der Waals surface area (Å²) in [7, 11) is 0. The average Bonchev–Trinajstić information content (AvgIpc) is 3.21. The van der Waals surface area contributed by atoms with Gasteiger partial charge in [0.1, 0.15) is 18.3 Å². The molecule has 14 nitrogen and oxygen atoms in total. The van der Waals surface area contributed by atoms with E-state index < -0.39 is 52.5 Å². The molecule has 0 N–H and O–H groups in total. The third-order valence-corrected chi connectivity index (χ3v) is 8.65. The minimum absolute atomic E-state index is 0.0251. The first-order chi connectivity index (χ1) is 26.7. The predicted molar refractivity (Wildman–Crippen MR) is 196 cm³/mol. The van der Waals surface area contributed by atoms with Crippen LogP contribution in [0.3, 0.4) is 0 Å². The molecule has 282 valence electrons. The summed E-state index contributed by atoms with van der Waals surface area (Å²) >= 11 is 0. The summed E-state index contributed by atoms with van der Waals surface area (Å²) in [6.07, 6.45) is -6.12. The molecule has 0 unspecified atom stereocenters. The summed E-state index contributed by atoms with van der Waals surface area (Å²) in [4.78, 5) is 48.7. The summed E-state index contributed by atoms with van der Waals surface area (Å²) in [6.45, 7) is 0.288. The maximum absolute atomic E-state index is 13.7. The Kier molecular flexibility index (Phi) is 13.0. The Morgan fingerprint density at radius 3 is 1.40 bits per heavy atom. The minimum Gasteiger partial charge on any atom is -0.449 e. The van der Waals surface area contributed by atoms with E-state index in [0.717, 1.165) is 41.0 Å². The zero-order chi connectivity index (χ0) is 38.6. The Balaban J connectivity index is 1.36. The van der Waals surface area contributed by atoms with Gasteiger partial charge in [0.2, 0.25) is 6.29 Å². The number of nitrogens with zero attached hydrogens (tertiary/aromatic N) is 2. The normalized spacial score (nSPS) is 19.2. The van der Waals surface area contributed by atoms with Crippen molar-refractivity contribution in [2.45, 2.75) is 50.5 Å². The average molecular weight is 749 g/mol. The summed E-state index contributed by atoms with van der Waals surface area (Å²) in [5.41, 5.74) is 1.99. The van der Waals surface area contributed by atoms with Gasteiger partial charge in [0.25, 0.3) is 11.4 Å². The maximum Gasteiger partial charge on any atom is 0.340 e. The molecule has 0 saturated carbocycles. The predicted octanol–water partition coefficient (Wildman–Crippen LogP) is 7.00. The lowest BCUT2D eigenvalue weighted by atomic mass is 9.97. The SMILES string of the molecule is O=C(O[C@H]1O[C@H](COCc2ccccc2)[C@H](OCc2ccccc2)[C@H](OCc2ccccc2)[C@H]1OC(=O)c1ccc([N+](=O)[O-])cc1)c1ccc([N+](=O)[O-])cc1. The standard InChI is InChI=1S/C41H36N2O12/c44-39(31-16-20-33(21-17-31)42(46)47)54-38-37(52-26-30-14-8-3-9-15-30)36(51-25-29-12-6-2-7-13-29)35(27-50-24-28-10-4-1-5-11-28)53-41(38)55-40(45)32-18-22-34(23-19-32)43(48)49/h1-23,35-38,41H,24-27H2/t35-,36+,37+,38-,41-/m1/s1. The fraction of sp³-hybridized carbons (Fsp3) is 0.220. The monoisotopic (exact) mass is 748 g/mol. The van der Waals surface area contributed by atoms with Crippen LogP contribution in [0.25, 0.3) is 0 Å². The van der Waals surface area contributed by atoms with Gasteiger partial charge in [-0.25, -0.2) is 9.59 Å². The minimum atomic E-state index is -1.60. The lowest BCUT2D eigenvalue weighted by Gasteiger charge is -2.45. The number of benzene rings is 5. The molecule has 5 aromatic rings. The molecule has 1 aliphatic heterocycles. The number of carbonyl (C=O) groups is 2. The lowest BCUT2D eigenvalue weighted by molar-refractivity contribution is -0.385. The molecule has 5 aromatic carbocycles. The number of ether oxygens (including phenoxy) is 6. The summed E-state index contributed by atoms with van der Waals surface area (Å²) in [5.74, 6) is -1.83. The number of non-ortho nitro benzene ring substituents is 2. The fourth-order valence-corrected chi connectivity index (χ4v) is 5.83. The molecule has 5 atom stereocenters. The van der Waals surface area contributed by atoms with Gasteiger partial charge in [-0.3, -0.25) is 20.2 Å². The van der Waals surface area contributed by atoms with Crippen LogP contribution in [0.5, 0.6) is 0 Å². The van der Waals surface area contributed by atoms with Crippen molar-refractivity contribution in [1.29, 1.82) is 0 Å². The van der Waals surface area contributed by atoms with Gasteiger partial charge in [0.05, 0.1) is 47.4 Å². The maximum atomic E-state index is 13.7. The van der Waals surface area contributed by atoms with E-state index in [1.165, 1.54) is 24.3 Å². The quantitative estimate of drug-likeness (QED) is 0.0575. The molecule has 0 aliphatic carbocycles. The molecule has 6 rings (SSSR count).